The van der Waals surface area contributed by atoms with Crippen LogP contribution in [0.1, 0.15) is 28.3 Å². The second-order valence-electron chi connectivity index (χ2n) is 6.14. The van der Waals surface area contributed by atoms with Crippen molar-refractivity contribution in [1.82, 2.24) is 5.48 Å². The molecule has 2 aromatic rings. The Hall–Kier alpha value is -3.59. The summed E-state index contributed by atoms with van der Waals surface area (Å²) in [5.41, 5.74) is 4.58. The molecule has 0 bridgehead atoms. The molecule has 0 heterocycles. The van der Waals surface area contributed by atoms with Gasteiger partial charge in [-0.05, 0) is 61.4 Å². The number of anilines is 1. The molecule has 0 radical (unpaired) electrons. The molecule has 9 nitrogen and oxygen atoms in total. The van der Waals surface area contributed by atoms with E-state index in [1.54, 1.807) is 29.7 Å². The van der Waals surface area contributed by atoms with Crippen molar-refractivity contribution in [3.8, 4) is 5.75 Å². The lowest BCUT2D eigenvalue weighted by atomic mass is 9.99. The molecule has 9 heteroatoms. The number of hydrogen-bond donors (Lipinski definition) is 6. The quantitative estimate of drug-likeness (QED) is 0.229. The van der Waals surface area contributed by atoms with Crippen LogP contribution >= 0.6 is 0 Å². The number of hydrogen-bond acceptors (Lipinski definition) is 6. The standard InChI is InChI=1S/C19H21N3O6/c1-10-7-14(15(8-11(10)2)28-9-16(23)24)17(19(25)26)21-13-5-3-12(4-6-13)18(20)22-27/h3-8,17,21,27H,9H2,1-2H3,(H2,20,22)(H,23,24)(H,25,26). The summed E-state index contributed by atoms with van der Waals surface area (Å²) in [6.45, 7) is 3.05. The molecule has 0 saturated carbocycles. The molecule has 148 valence electrons. The number of carboxylic acid groups (broad SMARTS) is 2. The van der Waals surface area contributed by atoms with Crippen LogP contribution in [0.3, 0.4) is 0 Å². The highest BCUT2D eigenvalue weighted by molar-refractivity contribution is 5.95. The van der Waals surface area contributed by atoms with Crippen LogP contribution in [0.15, 0.2) is 36.4 Å². The molecular formula is C19H21N3O6. The predicted octanol–water partition coefficient (Wildman–Crippen LogP) is 2.31. The number of nitrogens with one attached hydrogen (secondary N) is 3. The number of amidine groups is 1. The van der Waals surface area contributed by atoms with Gasteiger partial charge in [-0.2, -0.15) is 0 Å². The van der Waals surface area contributed by atoms with Crippen molar-refractivity contribution in [2.45, 2.75) is 19.9 Å². The fraction of sp³-hybridized carbons (Fsp3) is 0.211. The summed E-state index contributed by atoms with van der Waals surface area (Å²) in [6, 6.07) is 8.28. The number of carboxylic acids is 2. The van der Waals surface area contributed by atoms with Crippen LogP contribution in [-0.2, 0) is 9.59 Å². The van der Waals surface area contributed by atoms with E-state index in [1.807, 2.05) is 13.8 Å². The zero-order valence-corrected chi connectivity index (χ0v) is 15.3. The zero-order chi connectivity index (χ0) is 20.8. The molecule has 0 aliphatic carbocycles. The van der Waals surface area contributed by atoms with Crippen molar-refractivity contribution >= 4 is 23.5 Å². The van der Waals surface area contributed by atoms with Crippen LogP contribution in [0, 0.1) is 19.3 Å². The highest BCUT2D eigenvalue weighted by Gasteiger charge is 2.25. The molecule has 2 aromatic carbocycles. The average Bonchev–Trinajstić information content (AvgIpc) is 2.66. The summed E-state index contributed by atoms with van der Waals surface area (Å²) in [5.74, 6) is -2.36. The maximum absolute atomic E-state index is 11.9. The molecule has 1 atom stereocenters. The largest absolute Gasteiger partial charge is 0.482 e. The minimum Gasteiger partial charge on any atom is -0.482 e. The van der Waals surface area contributed by atoms with E-state index in [4.69, 9.17) is 20.5 Å². The molecule has 6 N–H and O–H groups in total. The first-order chi connectivity index (χ1) is 13.2. The molecule has 0 saturated heterocycles. The van der Waals surface area contributed by atoms with Crippen molar-refractivity contribution in [2.24, 2.45) is 0 Å². The van der Waals surface area contributed by atoms with E-state index >= 15 is 0 Å². The average molecular weight is 387 g/mol. The predicted molar refractivity (Wildman–Crippen MR) is 101 cm³/mol. The molecule has 28 heavy (non-hydrogen) atoms. The van der Waals surface area contributed by atoms with Crippen LogP contribution in [0.25, 0.3) is 0 Å². The van der Waals surface area contributed by atoms with E-state index in [0.717, 1.165) is 11.1 Å². The van der Waals surface area contributed by atoms with Crippen molar-refractivity contribution in [1.29, 1.82) is 5.41 Å². The molecule has 0 aliphatic heterocycles. The molecular weight excluding hydrogens is 366 g/mol. The Morgan fingerprint density at radius 3 is 2.25 bits per heavy atom. The third kappa shape index (κ3) is 4.98. The first-order valence-electron chi connectivity index (χ1n) is 8.27. The summed E-state index contributed by atoms with van der Waals surface area (Å²) in [6.07, 6.45) is 0. The third-order valence-electron chi connectivity index (χ3n) is 4.13. The van der Waals surface area contributed by atoms with Crippen LogP contribution in [0.4, 0.5) is 5.69 Å². The van der Waals surface area contributed by atoms with Crippen LogP contribution in [0.2, 0.25) is 0 Å². The Labute approximate surface area is 161 Å². The van der Waals surface area contributed by atoms with Crippen LogP contribution in [-0.4, -0.2) is 39.8 Å². The first-order valence-corrected chi connectivity index (χ1v) is 8.27. The Balaban J connectivity index is 2.37. The summed E-state index contributed by atoms with van der Waals surface area (Å²) < 4.78 is 5.30. The van der Waals surface area contributed by atoms with Crippen molar-refractivity contribution in [2.75, 3.05) is 11.9 Å². The second-order valence-corrected chi connectivity index (χ2v) is 6.14. The normalized spacial score (nSPS) is 11.4. The molecule has 0 amide bonds. The van der Waals surface area contributed by atoms with Crippen molar-refractivity contribution < 1.29 is 29.7 Å². The van der Waals surface area contributed by atoms with E-state index < -0.39 is 24.6 Å². The minimum atomic E-state index is -1.19. The smallest absolute Gasteiger partial charge is 0.341 e. The van der Waals surface area contributed by atoms with Gasteiger partial charge in [-0.15, -0.1) is 0 Å². The maximum atomic E-state index is 11.9. The lowest BCUT2D eigenvalue weighted by Crippen LogP contribution is -2.23. The van der Waals surface area contributed by atoms with Crippen molar-refractivity contribution in [3.63, 3.8) is 0 Å². The number of aliphatic carboxylic acids is 2. The molecule has 0 spiro atoms. The topological polar surface area (TPSA) is 152 Å². The fourth-order valence-corrected chi connectivity index (χ4v) is 2.54. The lowest BCUT2D eigenvalue weighted by Gasteiger charge is -2.21. The van der Waals surface area contributed by atoms with Gasteiger partial charge in [-0.1, -0.05) is 0 Å². The first kappa shape index (κ1) is 20.7. The Bertz CT molecular complexity index is 895. The molecule has 0 fully saturated rings. The van der Waals surface area contributed by atoms with Crippen molar-refractivity contribution in [3.05, 3.63) is 58.7 Å². The van der Waals surface area contributed by atoms with E-state index in [-0.39, 0.29) is 11.6 Å². The number of rotatable bonds is 8. The SMILES string of the molecule is Cc1cc(OCC(=O)O)c(C(Nc2ccc(C(=N)NO)cc2)C(=O)O)cc1C. The van der Waals surface area contributed by atoms with Gasteiger partial charge in [0, 0.05) is 16.8 Å². The van der Waals surface area contributed by atoms with Gasteiger partial charge in [0.05, 0.1) is 0 Å². The Morgan fingerprint density at radius 2 is 1.71 bits per heavy atom. The summed E-state index contributed by atoms with van der Waals surface area (Å²) >= 11 is 0. The van der Waals surface area contributed by atoms with E-state index in [2.05, 4.69) is 5.32 Å². The maximum Gasteiger partial charge on any atom is 0.341 e. The summed E-state index contributed by atoms with van der Waals surface area (Å²) in [5, 5.41) is 37.7. The lowest BCUT2D eigenvalue weighted by molar-refractivity contribution is -0.139. The van der Waals surface area contributed by atoms with Gasteiger partial charge in [0.2, 0.25) is 0 Å². The fourth-order valence-electron chi connectivity index (χ4n) is 2.54. The number of ether oxygens (including phenoxy) is 1. The number of carbonyl (C=O) groups is 2. The number of aryl methyl sites for hydroxylation is 2. The highest BCUT2D eigenvalue weighted by Crippen LogP contribution is 2.31. The monoisotopic (exact) mass is 387 g/mol. The van der Waals surface area contributed by atoms with E-state index in [0.29, 0.717) is 16.8 Å². The van der Waals surface area contributed by atoms with E-state index in [9.17, 15) is 14.7 Å². The minimum absolute atomic E-state index is 0.174. The van der Waals surface area contributed by atoms with Gasteiger partial charge in [-0.3, -0.25) is 16.1 Å². The zero-order valence-electron chi connectivity index (χ0n) is 15.3. The van der Waals surface area contributed by atoms with Gasteiger partial charge in [0.1, 0.15) is 11.6 Å². The second kappa shape index (κ2) is 8.87. The summed E-state index contributed by atoms with van der Waals surface area (Å²) in [4.78, 5) is 22.7. The Morgan fingerprint density at radius 1 is 1.11 bits per heavy atom. The van der Waals surface area contributed by atoms with Gasteiger partial charge in [-0.25, -0.2) is 9.59 Å². The van der Waals surface area contributed by atoms with Gasteiger partial charge < -0.3 is 20.3 Å². The molecule has 1 unspecified atom stereocenters. The van der Waals surface area contributed by atoms with E-state index in [1.165, 1.54) is 12.1 Å². The van der Waals surface area contributed by atoms with Crippen LogP contribution in [0.5, 0.6) is 5.75 Å². The Kier molecular flexibility index (Phi) is 6.56. The van der Waals surface area contributed by atoms with Crippen LogP contribution < -0.4 is 15.5 Å². The molecule has 2 rings (SSSR count). The number of hydroxylamine groups is 1. The number of benzene rings is 2. The summed E-state index contributed by atoms with van der Waals surface area (Å²) in [7, 11) is 0. The third-order valence-corrected chi connectivity index (χ3v) is 4.13. The van der Waals surface area contributed by atoms with Gasteiger partial charge in [0.25, 0.3) is 0 Å². The molecule has 0 aromatic heterocycles. The van der Waals surface area contributed by atoms with Gasteiger partial charge in [0.15, 0.2) is 12.6 Å². The highest BCUT2D eigenvalue weighted by atomic mass is 16.5. The van der Waals surface area contributed by atoms with Gasteiger partial charge >= 0.3 is 11.9 Å². The molecule has 0 aliphatic rings.